The van der Waals surface area contributed by atoms with Crippen molar-refractivity contribution < 1.29 is 14.5 Å². The maximum Gasteiger partial charge on any atom is 0.269 e. The summed E-state index contributed by atoms with van der Waals surface area (Å²) in [5, 5.41) is 20.1. The molecule has 1 saturated heterocycles. The number of nitrogens with zero attached hydrogens (tertiary/aromatic N) is 5. The van der Waals surface area contributed by atoms with E-state index in [1.165, 1.54) is 36.0 Å². The lowest BCUT2D eigenvalue weighted by Gasteiger charge is -2.27. The molecule has 4 rings (SSSR count). The second kappa shape index (κ2) is 9.06. The average Bonchev–Trinajstić information content (AvgIpc) is 3.22. The lowest BCUT2D eigenvalue weighted by molar-refractivity contribution is -0.384. The summed E-state index contributed by atoms with van der Waals surface area (Å²) >= 11 is 1.29. The Labute approximate surface area is 176 Å². The Hall–Kier alpha value is -3.24. The molecule has 2 heterocycles. The van der Waals surface area contributed by atoms with Gasteiger partial charge in [0.2, 0.25) is 5.95 Å². The molecule has 10 heteroatoms. The summed E-state index contributed by atoms with van der Waals surface area (Å²) in [6, 6.07) is 15.4. The van der Waals surface area contributed by atoms with E-state index in [4.69, 9.17) is 4.74 Å². The maximum absolute atomic E-state index is 12.6. The Kier molecular flexibility index (Phi) is 6.05. The Morgan fingerprint density at radius 3 is 2.43 bits per heavy atom. The second-order valence-electron chi connectivity index (χ2n) is 6.57. The summed E-state index contributed by atoms with van der Waals surface area (Å²) in [5.74, 6) is 0.728. The number of rotatable bonds is 7. The van der Waals surface area contributed by atoms with E-state index in [1.54, 1.807) is 0 Å². The molecule has 1 aromatic heterocycles. The molecule has 0 spiro atoms. The number of aromatic nitrogens is 3. The molecule has 0 N–H and O–H groups in total. The van der Waals surface area contributed by atoms with Crippen LogP contribution >= 0.6 is 11.8 Å². The summed E-state index contributed by atoms with van der Waals surface area (Å²) in [6.45, 7) is 2.69. The fourth-order valence-electron chi connectivity index (χ4n) is 3.11. The number of nitro groups is 1. The van der Waals surface area contributed by atoms with Gasteiger partial charge in [0.05, 0.1) is 29.6 Å². The number of ketones is 1. The van der Waals surface area contributed by atoms with Crippen LogP contribution in [0.25, 0.3) is 5.69 Å². The number of hydrogen-bond acceptors (Lipinski definition) is 8. The number of benzene rings is 2. The first-order valence-electron chi connectivity index (χ1n) is 9.37. The fraction of sp³-hybridized carbons (Fsp3) is 0.250. The van der Waals surface area contributed by atoms with Gasteiger partial charge in [0.1, 0.15) is 0 Å². The van der Waals surface area contributed by atoms with Crippen molar-refractivity contribution in [1.29, 1.82) is 0 Å². The molecule has 0 atom stereocenters. The van der Waals surface area contributed by atoms with Crippen molar-refractivity contribution in [2.45, 2.75) is 5.16 Å². The molecule has 1 aliphatic heterocycles. The van der Waals surface area contributed by atoms with E-state index in [2.05, 4.69) is 15.1 Å². The van der Waals surface area contributed by atoms with Gasteiger partial charge in [-0.3, -0.25) is 19.5 Å². The minimum atomic E-state index is -0.488. The number of anilines is 1. The predicted molar refractivity (Wildman–Crippen MR) is 113 cm³/mol. The van der Waals surface area contributed by atoms with Crippen molar-refractivity contribution >= 4 is 29.2 Å². The molecular formula is C20H19N5O4S. The van der Waals surface area contributed by atoms with E-state index < -0.39 is 4.92 Å². The first kappa shape index (κ1) is 20.0. The molecule has 30 heavy (non-hydrogen) atoms. The van der Waals surface area contributed by atoms with E-state index in [1.807, 2.05) is 34.9 Å². The van der Waals surface area contributed by atoms with Crippen LogP contribution in [-0.4, -0.2) is 57.5 Å². The smallest absolute Gasteiger partial charge is 0.269 e. The summed E-state index contributed by atoms with van der Waals surface area (Å²) in [5.41, 5.74) is 1.29. The minimum absolute atomic E-state index is 0.0434. The van der Waals surface area contributed by atoms with Crippen LogP contribution < -0.4 is 4.90 Å². The van der Waals surface area contributed by atoms with Crippen molar-refractivity contribution in [2.75, 3.05) is 37.0 Å². The van der Waals surface area contributed by atoms with Crippen LogP contribution in [0, 0.1) is 10.1 Å². The number of Topliss-reactive ketones (excluding diaryl/α,β-unsaturated/α-hetero) is 1. The van der Waals surface area contributed by atoms with Gasteiger partial charge in [0, 0.05) is 30.8 Å². The molecule has 0 aliphatic carbocycles. The molecule has 1 fully saturated rings. The van der Waals surface area contributed by atoms with Crippen LogP contribution in [0.3, 0.4) is 0 Å². The predicted octanol–water partition coefficient (Wildman–Crippen LogP) is 2.99. The standard InChI is InChI=1S/C20H19N5O4S/c26-18(15-6-8-17(9-7-15)25(27)28)14-30-20-22-21-19(23-10-12-29-13-11-23)24(20)16-4-2-1-3-5-16/h1-9H,10-14H2. The van der Waals surface area contributed by atoms with Gasteiger partial charge in [0.25, 0.3) is 5.69 Å². The van der Waals surface area contributed by atoms with Crippen molar-refractivity contribution in [1.82, 2.24) is 14.8 Å². The summed E-state index contributed by atoms with van der Waals surface area (Å²) in [4.78, 5) is 25.0. The van der Waals surface area contributed by atoms with Crippen LogP contribution in [0.1, 0.15) is 10.4 Å². The van der Waals surface area contributed by atoms with Gasteiger partial charge in [0.15, 0.2) is 10.9 Å². The molecule has 2 aromatic carbocycles. The van der Waals surface area contributed by atoms with Crippen LogP contribution in [0.2, 0.25) is 0 Å². The molecule has 1 aliphatic rings. The molecule has 0 amide bonds. The molecule has 0 saturated carbocycles. The molecule has 0 unspecified atom stereocenters. The third-order valence-corrected chi connectivity index (χ3v) is 5.59. The third kappa shape index (κ3) is 4.34. The summed E-state index contributed by atoms with van der Waals surface area (Å²) < 4.78 is 7.38. The van der Waals surface area contributed by atoms with Gasteiger partial charge in [-0.1, -0.05) is 30.0 Å². The van der Waals surface area contributed by atoms with Gasteiger partial charge >= 0.3 is 0 Å². The van der Waals surface area contributed by atoms with Crippen LogP contribution in [0.4, 0.5) is 11.6 Å². The largest absolute Gasteiger partial charge is 0.378 e. The zero-order valence-corrected chi connectivity index (χ0v) is 16.8. The number of non-ortho nitro benzene ring substituents is 1. The average molecular weight is 425 g/mol. The minimum Gasteiger partial charge on any atom is -0.378 e. The molecule has 0 radical (unpaired) electrons. The third-order valence-electron chi connectivity index (χ3n) is 4.66. The second-order valence-corrected chi connectivity index (χ2v) is 7.51. The van der Waals surface area contributed by atoms with E-state index in [9.17, 15) is 14.9 Å². The quantitative estimate of drug-likeness (QED) is 0.246. The zero-order valence-electron chi connectivity index (χ0n) is 16.0. The number of morpholine rings is 1. The van der Waals surface area contributed by atoms with Gasteiger partial charge in [-0.05, 0) is 24.3 Å². The van der Waals surface area contributed by atoms with Gasteiger partial charge in [-0.2, -0.15) is 0 Å². The molecular weight excluding hydrogens is 406 g/mol. The van der Waals surface area contributed by atoms with Crippen molar-refractivity contribution in [2.24, 2.45) is 0 Å². The van der Waals surface area contributed by atoms with E-state index in [-0.39, 0.29) is 17.2 Å². The molecule has 154 valence electrons. The number of nitro benzene ring substituents is 1. The fourth-order valence-corrected chi connectivity index (χ4v) is 3.95. The Morgan fingerprint density at radius 2 is 1.77 bits per heavy atom. The summed E-state index contributed by atoms with van der Waals surface area (Å²) in [7, 11) is 0. The van der Waals surface area contributed by atoms with Gasteiger partial charge < -0.3 is 9.64 Å². The summed E-state index contributed by atoms with van der Waals surface area (Å²) in [6.07, 6.45) is 0. The van der Waals surface area contributed by atoms with Crippen LogP contribution in [0.5, 0.6) is 0 Å². The topological polar surface area (TPSA) is 103 Å². The first-order valence-corrected chi connectivity index (χ1v) is 10.4. The SMILES string of the molecule is O=C(CSc1nnc(N2CCOCC2)n1-c1ccccc1)c1ccc([N+](=O)[O-])cc1. The highest BCUT2D eigenvalue weighted by Gasteiger charge is 2.22. The lowest BCUT2D eigenvalue weighted by Crippen LogP contribution is -2.37. The lowest BCUT2D eigenvalue weighted by atomic mass is 10.1. The molecule has 3 aromatic rings. The van der Waals surface area contributed by atoms with E-state index in [0.717, 1.165) is 24.7 Å². The molecule has 9 nitrogen and oxygen atoms in total. The van der Waals surface area contributed by atoms with E-state index >= 15 is 0 Å². The van der Waals surface area contributed by atoms with E-state index in [0.29, 0.717) is 23.9 Å². The van der Waals surface area contributed by atoms with Gasteiger partial charge in [-0.25, -0.2) is 0 Å². The highest BCUT2D eigenvalue weighted by Crippen LogP contribution is 2.27. The van der Waals surface area contributed by atoms with Crippen molar-refractivity contribution in [3.05, 3.63) is 70.3 Å². The molecule has 0 bridgehead atoms. The Balaban J connectivity index is 1.55. The highest BCUT2D eigenvalue weighted by molar-refractivity contribution is 7.99. The maximum atomic E-state index is 12.6. The first-order chi connectivity index (χ1) is 14.6. The normalized spacial score (nSPS) is 13.9. The van der Waals surface area contributed by atoms with Crippen molar-refractivity contribution in [3.8, 4) is 5.69 Å². The number of carbonyl (C=O) groups excluding carboxylic acids is 1. The van der Waals surface area contributed by atoms with Gasteiger partial charge in [-0.15, -0.1) is 10.2 Å². The van der Waals surface area contributed by atoms with Crippen molar-refractivity contribution in [3.63, 3.8) is 0 Å². The highest BCUT2D eigenvalue weighted by atomic mass is 32.2. The number of para-hydroxylation sites is 1. The monoisotopic (exact) mass is 425 g/mol. The zero-order chi connectivity index (χ0) is 20.9. The number of ether oxygens (including phenoxy) is 1. The van der Waals surface area contributed by atoms with Crippen LogP contribution in [0.15, 0.2) is 59.8 Å². The number of hydrogen-bond donors (Lipinski definition) is 0. The number of thioether (sulfide) groups is 1. The number of carbonyl (C=O) groups is 1. The Bertz CT molecular complexity index is 1030. The Morgan fingerprint density at radius 1 is 1.07 bits per heavy atom. The van der Waals surface area contributed by atoms with Crippen LogP contribution in [-0.2, 0) is 4.74 Å².